The molecule has 0 aliphatic heterocycles. The molecule has 6 heteroatoms. The molecule has 0 saturated heterocycles. The molecule has 1 heterocycles. The normalized spacial score (nSPS) is 11.9. The van der Waals surface area contributed by atoms with Gasteiger partial charge in [0.1, 0.15) is 0 Å². The third-order valence-corrected chi connectivity index (χ3v) is 2.85. The van der Waals surface area contributed by atoms with Crippen molar-refractivity contribution in [2.24, 2.45) is 5.84 Å². The lowest BCUT2D eigenvalue weighted by Gasteiger charge is -2.14. The zero-order valence-corrected chi connectivity index (χ0v) is 10.2. The van der Waals surface area contributed by atoms with Crippen molar-refractivity contribution in [2.75, 3.05) is 17.4 Å². The molecule has 0 saturated carbocycles. The second-order valence-corrected chi connectivity index (χ2v) is 4.31. The molecule has 4 N–H and O–H groups in total. The van der Waals surface area contributed by atoms with Crippen LogP contribution in [0.1, 0.15) is 17.3 Å². The number of carbonyl (C=O) groups excluding carboxylic acids is 1. The summed E-state index contributed by atoms with van der Waals surface area (Å²) in [5.41, 5.74) is 3.48. The third-order valence-electron chi connectivity index (χ3n) is 2.02. The topological polar surface area (TPSA) is 80.0 Å². The molecule has 1 amide bonds. The van der Waals surface area contributed by atoms with Gasteiger partial charge in [-0.1, -0.05) is 0 Å². The molecule has 0 aliphatic carbocycles. The van der Waals surface area contributed by atoms with E-state index in [0.29, 0.717) is 11.3 Å². The molecule has 1 atom stereocenters. The van der Waals surface area contributed by atoms with Crippen molar-refractivity contribution in [1.82, 2.24) is 10.3 Å². The van der Waals surface area contributed by atoms with Crippen LogP contribution in [0.3, 0.4) is 0 Å². The number of nitrogens with one attached hydrogen (secondary N) is 2. The van der Waals surface area contributed by atoms with Crippen LogP contribution in [0, 0.1) is 0 Å². The lowest BCUT2D eigenvalue weighted by Crippen LogP contribution is -2.34. The van der Waals surface area contributed by atoms with Crippen molar-refractivity contribution in [3.63, 3.8) is 0 Å². The second kappa shape index (κ2) is 6.34. The Morgan fingerprint density at radius 1 is 1.69 bits per heavy atom. The van der Waals surface area contributed by atoms with Crippen LogP contribution in [0.5, 0.6) is 0 Å². The van der Waals surface area contributed by atoms with Crippen molar-refractivity contribution in [1.29, 1.82) is 0 Å². The van der Waals surface area contributed by atoms with Crippen LogP contribution in [0.15, 0.2) is 18.5 Å². The molecule has 0 aliphatic rings. The van der Waals surface area contributed by atoms with E-state index in [4.69, 9.17) is 5.84 Å². The number of hydrazine groups is 1. The lowest BCUT2D eigenvalue weighted by atomic mass is 10.2. The number of aromatic nitrogens is 1. The average Bonchev–Trinajstić information content (AvgIpc) is 2.29. The summed E-state index contributed by atoms with van der Waals surface area (Å²) in [6, 6.07) is 1.76. The molecule has 0 radical (unpaired) electrons. The maximum absolute atomic E-state index is 11.9. The summed E-state index contributed by atoms with van der Waals surface area (Å²) in [5, 5.41) is 2.89. The van der Waals surface area contributed by atoms with E-state index >= 15 is 0 Å². The highest BCUT2D eigenvalue weighted by Gasteiger charge is 2.12. The van der Waals surface area contributed by atoms with Gasteiger partial charge in [0.15, 0.2) is 0 Å². The van der Waals surface area contributed by atoms with Crippen LogP contribution >= 0.6 is 11.8 Å². The Bertz CT molecular complexity index is 358. The molecular weight excluding hydrogens is 224 g/mol. The van der Waals surface area contributed by atoms with E-state index in [2.05, 4.69) is 15.7 Å². The Kier molecular flexibility index (Phi) is 5.07. The summed E-state index contributed by atoms with van der Waals surface area (Å²) >= 11 is 1.69. The van der Waals surface area contributed by atoms with Gasteiger partial charge in [0.2, 0.25) is 0 Å². The summed E-state index contributed by atoms with van der Waals surface area (Å²) in [5.74, 6) is 6.04. The minimum Gasteiger partial charge on any atom is -0.349 e. The van der Waals surface area contributed by atoms with E-state index in [1.807, 2.05) is 13.2 Å². The van der Waals surface area contributed by atoms with Gasteiger partial charge in [-0.3, -0.25) is 15.6 Å². The molecule has 1 rings (SSSR count). The van der Waals surface area contributed by atoms with Crippen LogP contribution in [0.4, 0.5) is 5.69 Å². The molecule has 0 aromatic carbocycles. The van der Waals surface area contributed by atoms with Gasteiger partial charge < -0.3 is 10.7 Å². The van der Waals surface area contributed by atoms with Crippen LogP contribution in [0.2, 0.25) is 0 Å². The smallest absolute Gasteiger partial charge is 0.253 e. The highest BCUT2D eigenvalue weighted by Crippen LogP contribution is 2.11. The fourth-order valence-corrected chi connectivity index (χ4v) is 1.88. The van der Waals surface area contributed by atoms with Gasteiger partial charge >= 0.3 is 0 Å². The third kappa shape index (κ3) is 3.39. The van der Waals surface area contributed by atoms with Crippen molar-refractivity contribution in [2.45, 2.75) is 13.0 Å². The van der Waals surface area contributed by atoms with Crippen molar-refractivity contribution in [3.05, 3.63) is 24.0 Å². The highest BCUT2D eigenvalue weighted by molar-refractivity contribution is 7.98. The second-order valence-electron chi connectivity index (χ2n) is 3.40. The van der Waals surface area contributed by atoms with Gasteiger partial charge in [-0.2, -0.15) is 11.8 Å². The van der Waals surface area contributed by atoms with E-state index in [-0.39, 0.29) is 11.9 Å². The van der Waals surface area contributed by atoms with E-state index in [0.717, 1.165) is 5.75 Å². The van der Waals surface area contributed by atoms with Gasteiger partial charge in [-0.05, 0) is 19.2 Å². The number of thioether (sulfide) groups is 1. The van der Waals surface area contributed by atoms with Gasteiger partial charge in [0.05, 0.1) is 17.4 Å². The number of nitrogens with zero attached hydrogens (tertiary/aromatic N) is 1. The van der Waals surface area contributed by atoms with E-state index in [9.17, 15) is 4.79 Å². The first kappa shape index (κ1) is 12.8. The molecule has 0 bridgehead atoms. The summed E-state index contributed by atoms with van der Waals surface area (Å²) in [6.07, 6.45) is 5.09. The fraction of sp³-hybridized carbons (Fsp3) is 0.400. The number of rotatable bonds is 5. The number of nitrogens with two attached hydrogens (primary N) is 1. The minimum atomic E-state index is -0.142. The molecule has 5 nitrogen and oxygen atoms in total. The molecule has 0 fully saturated rings. The van der Waals surface area contributed by atoms with Crippen molar-refractivity contribution < 1.29 is 4.79 Å². The monoisotopic (exact) mass is 240 g/mol. The predicted molar refractivity (Wildman–Crippen MR) is 67.4 cm³/mol. The van der Waals surface area contributed by atoms with Crippen molar-refractivity contribution in [3.8, 4) is 0 Å². The number of anilines is 1. The largest absolute Gasteiger partial charge is 0.349 e. The molecule has 1 aromatic heterocycles. The van der Waals surface area contributed by atoms with Gasteiger partial charge in [-0.25, -0.2) is 0 Å². The van der Waals surface area contributed by atoms with Gasteiger partial charge in [0, 0.05) is 18.0 Å². The summed E-state index contributed by atoms with van der Waals surface area (Å²) in [6.45, 7) is 1.96. The van der Waals surface area contributed by atoms with Gasteiger partial charge in [-0.15, -0.1) is 0 Å². The molecule has 1 aromatic rings. The quantitative estimate of drug-likeness (QED) is 0.525. The predicted octanol–water partition coefficient (Wildman–Crippen LogP) is 0.849. The highest BCUT2D eigenvalue weighted by atomic mass is 32.2. The summed E-state index contributed by atoms with van der Waals surface area (Å²) in [4.78, 5) is 15.8. The number of carbonyl (C=O) groups is 1. The Morgan fingerprint density at radius 3 is 3.06 bits per heavy atom. The Hall–Kier alpha value is -1.27. The average molecular weight is 240 g/mol. The molecule has 1 unspecified atom stereocenters. The van der Waals surface area contributed by atoms with Gasteiger partial charge in [0.25, 0.3) is 5.91 Å². The number of nitrogen functional groups attached to an aromatic ring is 1. The number of pyridine rings is 1. The van der Waals surface area contributed by atoms with Crippen LogP contribution in [0.25, 0.3) is 0 Å². The number of hydrogen-bond donors (Lipinski definition) is 3. The molecule has 0 spiro atoms. The van der Waals surface area contributed by atoms with Crippen LogP contribution in [-0.4, -0.2) is 28.9 Å². The summed E-state index contributed by atoms with van der Waals surface area (Å²) < 4.78 is 0. The van der Waals surface area contributed by atoms with E-state index in [1.165, 1.54) is 6.20 Å². The zero-order chi connectivity index (χ0) is 12.0. The first-order valence-electron chi connectivity index (χ1n) is 4.89. The molecular formula is C10H16N4OS. The molecule has 88 valence electrons. The minimum absolute atomic E-state index is 0.126. The Labute approximate surface area is 99.2 Å². The van der Waals surface area contributed by atoms with Crippen LogP contribution < -0.4 is 16.6 Å². The first-order valence-corrected chi connectivity index (χ1v) is 6.28. The maximum atomic E-state index is 11.9. The SMILES string of the molecule is CSCC(C)NC(=O)c1ccncc1NN. The number of hydrogen-bond acceptors (Lipinski definition) is 5. The van der Waals surface area contributed by atoms with Crippen LogP contribution in [-0.2, 0) is 0 Å². The zero-order valence-electron chi connectivity index (χ0n) is 9.36. The molecule has 16 heavy (non-hydrogen) atoms. The number of amides is 1. The first-order chi connectivity index (χ1) is 7.69. The van der Waals surface area contributed by atoms with E-state index < -0.39 is 0 Å². The van der Waals surface area contributed by atoms with Crippen molar-refractivity contribution >= 4 is 23.4 Å². The fourth-order valence-electron chi connectivity index (χ4n) is 1.30. The Morgan fingerprint density at radius 2 is 2.44 bits per heavy atom. The summed E-state index contributed by atoms with van der Waals surface area (Å²) in [7, 11) is 0. The standard InChI is InChI=1S/C10H16N4OS/c1-7(6-16-2)13-10(15)8-3-4-12-5-9(8)14-11/h3-5,7,14H,6,11H2,1-2H3,(H,13,15). The van der Waals surface area contributed by atoms with E-state index in [1.54, 1.807) is 24.0 Å². The Balaban J connectivity index is 2.72. The lowest BCUT2D eigenvalue weighted by molar-refractivity contribution is 0.0944. The maximum Gasteiger partial charge on any atom is 0.253 e.